The first kappa shape index (κ1) is 12.1. The average Bonchev–Trinajstić information content (AvgIpc) is 2.69. The molecule has 5 heteroatoms. The monoisotopic (exact) mass is 229 g/mol. The van der Waals surface area contributed by atoms with Crippen molar-refractivity contribution >= 4 is 17.3 Å². The SMILES string of the molecule is COC(=O)C(C(C)C)C(O)c1nccs1. The largest absolute Gasteiger partial charge is 0.469 e. The Kier molecular flexibility index (Phi) is 4.23. The standard InChI is InChI=1S/C10H15NO3S/c1-6(2)7(10(13)14-3)8(12)9-11-4-5-15-9/h4-8,12H,1-3H3. The number of methoxy groups -OCH3 is 1. The molecule has 4 nitrogen and oxygen atoms in total. The van der Waals surface area contributed by atoms with E-state index in [1.54, 1.807) is 11.6 Å². The van der Waals surface area contributed by atoms with Gasteiger partial charge in [-0.2, -0.15) is 0 Å². The zero-order chi connectivity index (χ0) is 11.4. The van der Waals surface area contributed by atoms with Crippen LogP contribution in [-0.4, -0.2) is 23.2 Å². The van der Waals surface area contributed by atoms with Crippen LogP contribution in [0, 0.1) is 11.8 Å². The van der Waals surface area contributed by atoms with Gasteiger partial charge in [-0.25, -0.2) is 4.98 Å². The number of aliphatic hydroxyl groups is 1. The van der Waals surface area contributed by atoms with Gasteiger partial charge in [0.15, 0.2) is 0 Å². The highest BCUT2D eigenvalue weighted by Crippen LogP contribution is 2.30. The molecule has 0 aliphatic heterocycles. The fourth-order valence-electron chi connectivity index (χ4n) is 1.44. The third-order valence-electron chi connectivity index (χ3n) is 2.24. The molecule has 0 radical (unpaired) electrons. The number of carbonyl (C=O) groups excluding carboxylic acids is 1. The average molecular weight is 229 g/mol. The fraction of sp³-hybridized carbons (Fsp3) is 0.600. The Labute approximate surface area is 92.9 Å². The Bertz CT molecular complexity index is 310. The minimum Gasteiger partial charge on any atom is -0.469 e. The summed E-state index contributed by atoms with van der Waals surface area (Å²) in [6, 6.07) is 0. The highest BCUT2D eigenvalue weighted by molar-refractivity contribution is 7.09. The van der Waals surface area contributed by atoms with Gasteiger partial charge in [-0.3, -0.25) is 4.79 Å². The van der Waals surface area contributed by atoms with E-state index in [-0.39, 0.29) is 5.92 Å². The Morgan fingerprint density at radius 3 is 2.67 bits per heavy atom. The number of carbonyl (C=O) groups is 1. The van der Waals surface area contributed by atoms with Crippen molar-refractivity contribution in [3.63, 3.8) is 0 Å². The van der Waals surface area contributed by atoms with E-state index in [1.165, 1.54) is 18.4 Å². The van der Waals surface area contributed by atoms with Gasteiger partial charge in [-0.1, -0.05) is 13.8 Å². The summed E-state index contributed by atoms with van der Waals surface area (Å²) in [5.41, 5.74) is 0. The Morgan fingerprint density at radius 2 is 2.27 bits per heavy atom. The molecule has 0 amide bonds. The Balaban J connectivity index is 2.85. The van der Waals surface area contributed by atoms with Gasteiger partial charge in [-0.05, 0) is 5.92 Å². The normalized spacial score (nSPS) is 15.0. The first-order valence-corrected chi connectivity index (χ1v) is 5.61. The van der Waals surface area contributed by atoms with Crippen LogP contribution in [0.2, 0.25) is 0 Å². The van der Waals surface area contributed by atoms with Gasteiger partial charge in [0, 0.05) is 11.6 Å². The third-order valence-corrected chi connectivity index (χ3v) is 3.08. The van der Waals surface area contributed by atoms with Crippen LogP contribution in [0.15, 0.2) is 11.6 Å². The Hall–Kier alpha value is -0.940. The van der Waals surface area contributed by atoms with Gasteiger partial charge in [0.05, 0.1) is 13.0 Å². The lowest BCUT2D eigenvalue weighted by Gasteiger charge is -2.22. The molecule has 2 unspecified atom stereocenters. The molecule has 1 rings (SSSR count). The summed E-state index contributed by atoms with van der Waals surface area (Å²) in [5, 5.41) is 12.3. The molecule has 0 spiro atoms. The maximum Gasteiger partial charge on any atom is 0.312 e. The first-order valence-electron chi connectivity index (χ1n) is 4.73. The van der Waals surface area contributed by atoms with Crippen molar-refractivity contribution in [3.8, 4) is 0 Å². The van der Waals surface area contributed by atoms with E-state index in [0.29, 0.717) is 5.01 Å². The maximum absolute atomic E-state index is 11.5. The number of nitrogens with zero attached hydrogens (tertiary/aromatic N) is 1. The molecule has 0 bridgehead atoms. The van der Waals surface area contributed by atoms with Gasteiger partial charge in [0.1, 0.15) is 11.1 Å². The maximum atomic E-state index is 11.5. The van der Waals surface area contributed by atoms with Gasteiger partial charge >= 0.3 is 5.97 Å². The molecule has 1 N–H and O–H groups in total. The van der Waals surface area contributed by atoms with Crippen molar-refractivity contribution in [2.24, 2.45) is 11.8 Å². The van der Waals surface area contributed by atoms with E-state index in [9.17, 15) is 9.90 Å². The van der Waals surface area contributed by atoms with Crippen molar-refractivity contribution in [1.29, 1.82) is 0 Å². The van der Waals surface area contributed by atoms with Crippen molar-refractivity contribution in [2.75, 3.05) is 7.11 Å². The van der Waals surface area contributed by atoms with Crippen molar-refractivity contribution in [2.45, 2.75) is 20.0 Å². The fourth-order valence-corrected chi connectivity index (χ4v) is 2.10. The number of hydrogen-bond donors (Lipinski definition) is 1. The second-order valence-corrected chi connectivity index (χ2v) is 4.53. The molecule has 0 aliphatic carbocycles. The lowest BCUT2D eigenvalue weighted by atomic mass is 9.90. The molecule has 2 atom stereocenters. The molecular weight excluding hydrogens is 214 g/mol. The molecule has 0 fully saturated rings. The van der Waals surface area contributed by atoms with E-state index in [0.717, 1.165) is 0 Å². The van der Waals surface area contributed by atoms with Crippen LogP contribution in [-0.2, 0) is 9.53 Å². The minimum atomic E-state index is -0.877. The number of hydrogen-bond acceptors (Lipinski definition) is 5. The zero-order valence-electron chi connectivity index (χ0n) is 9.01. The lowest BCUT2D eigenvalue weighted by molar-refractivity contribution is -0.152. The van der Waals surface area contributed by atoms with E-state index in [1.807, 2.05) is 13.8 Å². The van der Waals surface area contributed by atoms with Crippen LogP contribution < -0.4 is 0 Å². The summed E-state index contributed by atoms with van der Waals surface area (Å²) in [6.07, 6.45) is 0.732. The molecule has 1 aromatic heterocycles. The highest BCUT2D eigenvalue weighted by Gasteiger charge is 2.33. The topological polar surface area (TPSA) is 59.4 Å². The lowest BCUT2D eigenvalue weighted by Crippen LogP contribution is -2.28. The minimum absolute atomic E-state index is 0.0105. The van der Waals surface area contributed by atoms with Crippen molar-refractivity contribution < 1.29 is 14.6 Å². The summed E-state index contributed by atoms with van der Waals surface area (Å²) < 4.78 is 4.67. The number of rotatable bonds is 4. The van der Waals surface area contributed by atoms with Crippen LogP contribution in [0.1, 0.15) is 25.0 Å². The van der Waals surface area contributed by atoms with Crippen molar-refractivity contribution in [3.05, 3.63) is 16.6 Å². The second-order valence-electron chi connectivity index (χ2n) is 3.61. The predicted octanol–water partition coefficient (Wildman–Crippen LogP) is 1.62. The van der Waals surface area contributed by atoms with Gasteiger partial charge in [0.25, 0.3) is 0 Å². The van der Waals surface area contributed by atoms with Crippen LogP contribution in [0.3, 0.4) is 0 Å². The molecule has 0 saturated heterocycles. The molecule has 1 heterocycles. The van der Waals surface area contributed by atoms with Crippen LogP contribution in [0.25, 0.3) is 0 Å². The third kappa shape index (κ3) is 2.76. The Morgan fingerprint density at radius 1 is 1.60 bits per heavy atom. The molecule has 84 valence electrons. The van der Waals surface area contributed by atoms with E-state index in [2.05, 4.69) is 9.72 Å². The van der Waals surface area contributed by atoms with Crippen LogP contribution in [0.5, 0.6) is 0 Å². The van der Waals surface area contributed by atoms with Crippen molar-refractivity contribution in [1.82, 2.24) is 4.98 Å². The summed E-state index contributed by atoms with van der Waals surface area (Å²) >= 11 is 1.34. The number of aliphatic hydroxyl groups excluding tert-OH is 1. The smallest absolute Gasteiger partial charge is 0.312 e. The summed E-state index contributed by atoms with van der Waals surface area (Å²) in [5.74, 6) is -0.940. The molecule has 1 aromatic rings. The predicted molar refractivity (Wildman–Crippen MR) is 57.4 cm³/mol. The van der Waals surface area contributed by atoms with E-state index in [4.69, 9.17) is 0 Å². The molecule has 0 aliphatic rings. The number of ether oxygens (including phenoxy) is 1. The molecular formula is C10H15NO3S. The summed E-state index contributed by atoms with van der Waals surface area (Å²) in [7, 11) is 1.33. The summed E-state index contributed by atoms with van der Waals surface area (Å²) in [6.45, 7) is 3.75. The zero-order valence-corrected chi connectivity index (χ0v) is 9.82. The van der Waals surface area contributed by atoms with E-state index < -0.39 is 18.0 Å². The summed E-state index contributed by atoms with van der Waals surface area (Å²) in [4.78, 5) is 15.5. The number of aromatic nitrogens is 1. The highest BCUT2D eigenvalue weighted by atomic mass is 32.1. The number of esters is 1. The van der Waals surface area contributed by atoms with Crippen LogP contribution >= 0.6 is 11.3 Å². The molecule has 0 saturated carbocycles. The quantitative estimate of drug-likeness (QED) is 0.797. The van der Waals surface area contributed by atoms with Gasteiger partial charge in [0.2, 0.25) is 0 Å². The van der Waals surface area contributed by atoms with Crippen LogP contribution in [0.4, 0.5) is 0 Å². The van der Waals surface area contributed by atoms with Gasteiger partial charge in [-0.15, -0.1) is 11.3 Å². The van der Waals surface area contributed by atoms with E-state index >= 15 is 0 Å². The second kappa shape index (κ2) is 5.23. The molecule has 15 heavy (non-hydrogen) atoms. The number of thiazole rings is 1. The first-order chi connectivity index (χ1) is 7.07. The van der Waals surface area contributed by atoms with Gasteiger partial charge < -0.3 is 9.84 Å². The molecule has 0 aromatic carbocycles.